The third kappa shape index (κ3) is 6.60. The minimum Gasteiger partial charge on any atom is -0.356 e. The maximum atomic E-state index is 12.3. The predicted octanol–water partition coefficient (Wildman–Crippen LogP) is 2.47. The summed E-state index contributed by atoms with van der Waals surface area (Å²) in [7, 11) is 1.94. The molecule has 1 fully saturated rings. The molecule has 1 heterocycles. The van der Waals surface area contributed by atoms with Crippen LogP contribution in [0.25, 0.3) is 0 Å². The first-order chi connectivity index (χ1) is 10.7. The Kier molecular flexibility index (Phi) is 9.42. The second-order valence-corrected chi connectivity index (χ2v) is 5.84. The summed E-state index contributed by atoms with van der Waals surface area (Å²) in [5.41, 5.74) is 0. The van der Waals surface area contributed by atoms with Crippen molar-refractivity contribution in [1.29, 1.82) is 0 Å². The summed E-state index contributed by atoms with van der Waals surface area (Å²) in [5, 5.41) is 14.8. The van der Waals surface area contributed by atoms with Crippen LogP contribution in [0, 0.1) is 6.92 Å². The molecule has 2 rings (SSSR count). The number of rotatable bonds is 6. The molecule has 1 saturated carbocycles. The summed E-state index contributed by atoms with van der Waals surface area (Å²) in [6.45, 7) is 2.66. The van der Waals surface area contributed by atoms with Gasteiger partial charge in [0.1, 0.15) is 12.4 Å². The van der Waals surface area contributed by atoms with E-state index in [2.05, 4.69) is 25.8 Å². The fourth-order valence-electron chi connectivity index (χ4n) is 2.60. The lowest BCUT2D eigenvalue weighted by atomic mass is 9.96. The number of aromatic nitrogens is 3. The Morgan fingerprint density at radius 3 is 2.65 bits per heavy atom. The van der Waals surface area contributed by atoms with Crippen LogP contribution in [0.2, 0.25) is 0 Å². The summed E-state index contributed by atoms with van der Waals surface area (Å²) in [4.78, 5) is 4.58. The Hall–Kier alpha value is -0.930. The Bertz CT molecular complexity index is 484. The average Bonchev–Trinajstić information content (AvgIpc) is 2.85. The van der Waals surface area contributed by atoms with Gasteiger partial charge in [-0.2, -0.15) is 0 Å². The quantitative estimate of drug-likeness (QED) is 0.310. The molecule has 8 heteroatoms. The summed E-state index contributed by atoms with van der Waals surface area (Å²) in [6, 6.07) is 0.464. The molecular weight excluding hydrogens is 410 g/mol. The number of halogens is 2. The van der Waals surface area contributed by atoms with E-state index in [1.165, 1.54) is 32.1 Å². The third-order valence-corrected chi connectivity index (χ3v) is 4.11. The fraction of sp³-hybridized carbons (Fsp3) is 0.800. The Balaban J connectivity index is 0.00000264. The summed E-state index contributed by atoms with van der Waals surface area (Å²) in [5.74, 6) is 2.45. The topological polar surface area (TPSA) is 67.1 Å². The molecule has 1 aromatic rings. The van der Waals surface area contributed by atoms with Crippen LogP contribution in [0.4, 0.5) is 4.39 Å². The molecule has 2 N–H and O–H groups in total. The number of nitrogens with zero attached hydrogens (tertiary/aromatic N) is 4. The molecule has 0 aliphatic heterocycles. The van der Waals surface area contributed by atoms with Crippen LogP contribution >= 0.6 is 24.0 Å². The average molecular weight is 438 g/mol. The van der Waals surface area contributed by atoms with E-state index >= 15 is 0 Å². The second kappa shape index (κ2) is 10.8. The Morgan fingerprint density at radius 1 is 1.30 bits per heavy atom. The zero-order valence-corrected chi connectivity index (χ0v) is 16.3. The first kappa shape index (κ1) is 20.1. The van der Waals surface area contributed by atoms with Crippen molar-refractivity contribution in [3.05, 3.63) is 11.6 Å². The molecule has 6 nitrogen and oxygen atoms in total. The SMILES string of the molecule is Cc1nnc(CN=C(NCCCF)NC2CCCCC2)n1C.I. The van der Waals surface area contributed by atoms with Gasteiger partial charge in [0, 0.05) is 19.6 Å². The van der Waals surface area contributed by atoms with E-state index in [0.29, 0.717) is 25.6 Å². The van der Waals surface area contributed by atoms with Gasteiger partial charge in [-0.05, 0) is 26.2 Å². The zero-order valence-electron chi connectivity index (χ0n) is 14.0. The number of guanidine groups is 1. The number of hydrogen-bond acceptors (Lipinski definition) is 3. The molecular formula is C15H28FIN6. The Morgan fingerprint density at radius 2 is 2.04 bits per heavy atom. The van der Waals surface area contributed by atoms with Gasteiger partial charge >= 0.3 is 0 Å². The highest BCUT2D eigenvalue weighted by Gasteiger charge is 2.14. The summed E-state index contributed by atoms with van der Waals surface area (Å²) >= 11 is 0. The largest absolute Gasteiger partial charge is 0.356 e. The fourth-order valence-corrected chi connectivity index (χ4v) is 2.60. The lowest BCUT2D eigenvalue weighted by molar-refractivity contribution is 0.408. The second-order valence-electron chi connectivity index (χ2n) is 5.84. The molecule has 1 aliphatic rings. The van der Waals surface area contributed by atoms with Gasteiger partial charge in [0.2, 0.25) is 0 Å². The van der Waals surface area contributed by atoms with Crippen LogP contribution in [0.1, 0.15) is 50.2 Å². The molecule has 0 atom stereocenters. The highest BCUT2D eigenvalue weighted by molar-refractivity contribution is 14.0. The monoisotopic (exact) mass is 438 g/mol. The Labute approximate surface area is 154 Å². The zero-order chi connectivity index (χ0) is 15.8. The lowest BCUT2D eigenvalue weighted by Crippen LogP contribution is -2.44. The summed E-state index contributed by atoms with van der Waals surface area (Å²) < 4.78 is 14.2. The van der Waals surface area contributed by atoms with Gasteiger partial charge < -0.3 is 15.2 Å². The van der Waals surface area contributed by atoms with Crippen LogP contribution < -0.4 is 10.6 Å². The highest BCUT2D eigenvalue weighted by atomic mass is 127. The number of alkyl halides is 1. The molecule has 0 unspecified atom stereocenters. The molecule has 0 spiro atoms. The van der Waals surface area contributed by atoms with Crippen LogP contribution in [0.3, 0.4) is 0 Å². The third-order valence-electron chi connectivity index (χ3n) is 4.11. The van der Waals surface area contributed by atoms with Crippen LogP contribution in [0.5, 0.6) is 0 Å². The number of nitrogens with one attached hydrogen (secondary N) is 2. The smallest absolute Gasteiger partial charge is 0.191 e. The van der Waals surface area contributed by atoms with E-state index in [4.69, 9.17) is 0 Å². The standard InChI is InChI=1S/C15H27FN6.HI/c1-12-20-21-14(22(12)2)11-18-15(17-10-6-9-16)19-13-7-4-3-5-8-13;/h13H,3-11H2,1-2H3,(H2,17,18,19);1H. The van der Waals surface area contributed by atoms with Crippen LogP contribution in [-0.4, -0.2) is 40.0 Å². The molecule has 23 heavy (non-hydrogen) atoms. The van der Waals surface area contributed by atoms with E-state index in [1.807, 2.05) is 18.5 Å². The number of aliphatic imine (C=N–C) groups is 1. The molecule has 0 saturated heterocycles. The van der Waals surface area contributed by atoms with Crippen molar-refractivity contribution in [2.75, 3.05) is 13.2 Å². The number of aryl methyl sites for hydroxylation is 1. The van der Waals surface area contributed by atoms with Crippen molar-refractivity contribution in [1.82, 2.24) is 25.4 Å². The van der Waals surface area contributed by atoms with E-state index < -0.39 is 0 Å². The highest BCUT2D eigenvalue weighted by Crippen LogP contribution is 2.17. The van der Waals surface area contributed by atoms with Gasteiger partial charge in [-0.1, -0.05) is 19.3 Å². The van der Waals surface area contributed by atoms with E-state index in [-0.39, 0.29) is 30.7 Å². The normalized spacial score (nSPS) is 16.0. The lowest BCUT2D eigenvalue weighted by Gasteiger charge is -2.25. The molecule has 0 aromatic carbocycles. The van der Waals surface area contributed by atoms with Crippen molar-refractivity contribution in [3.8, 4) is 0 Å². The van der Waals surface area contributed by atoms with Crippen molar-refractivity contribution in [2.45, 2.75) is 58.0 Å². The molecule has 1 aromatic heterocycles. The molecule has 0 amide bonds. The molecule has 1 aliphatic carbocycles. The van der Waals surface area contributed by atoms with Gasteiger partial charge in [-0.25, -0.2) is 4.99 Å². The van der Waals surface area contributed by atoms with E-state index in [1.54, 1.807) is 0 Å². The van der Waals surface area contributed by atoms with E-state index in [0.717, 1.165) is 17.6 Å². The first-order valence-corrected chi connectivity index (χ1v) is 8.16. The van der Waals surface area contributed by atoms with Crippen LogP contribution in [-0.2, 0) is 13.6 Å². The molecule has 132 valence electrons. The minimum atomic E-state index is -0.313. The van der Waals surface area contributed by atoms with Crippen LogP contribution in [0.15, 0.2) is 4.99 Å². The predicted molar refractivity (Wildman–Crippen MR) is 101 cm³/mol. The van der Waals surface area contributed by atoms with Gasteiger partial charge in [-0.3, -0.25) is 4.39 Å². The first-order valence-electron chi connectivity index (χ1n) is 8.16. The van der Waals surface area contributed by atoms with Crippen molar-refractivity contribution in [2.24, 2.45) is 12.0 Å². The van der Waals surface area contributed by atoms with Crippen molar-refractivity contribution < 1.29 is 4.39 Å². The van der Waals surface area contributed by atoms with E-state index in [9.17, 15) is 4.39 Å². The molecule has 0 bridgehead atoms. The van der Waals surface area contributed by atoms with Gasteiger partial charge in [0.05, 0.1) is 6.67 Å². The van der Waals surface area contributed by atoms with Gasteiger partial charge in [-0.15, -0.1) is 34.2 Å². The van der Waals surface area contributed by atoms with Crippen molar-refractivity contribution >= 4 is 29.9 Å². The number of hydrogen-bond donors (Lipinski definition) is 2. The minimum absolute atomic E-state index is 0. The van der Waals surface area contributed by atoms with Gasteiger partial charge in [0.15, 0.2) is 11.8 Å². The van der Waals surface area contributed by atoms with Gasteiger partial charge in [0.25, 0.3) is 0 Å². The van der Waals surface area contributed by atoms with Crippen molar-refractivity contribution in [3.63, 3.8) is 0 Å². The maximum absolute atomic E-state index is 12.3. The molecule has 0 radical (unpaired) electrons. The summed E-state index contributed by atoms with van der Waals surface area (Å²) in [6.07, 6.45) is 6.68. The maximum Gasteiger partial charge on any atom is 0.191 e.